The fraction of sp³-hybridized carbons (Fsp3) is 0.500. The van der Waals surface area contributed by atoms with Gasteiger partial charge in [-0.25, -0.2) is 9.97 Å². The van der Waals surface area contributed by atoms with Gasteiger partial charge in [-0.05, 0) is 27.0 Å². The fourth-order valence-corrected chi connectivity index (χ4v) is 3.74. The first-order valence-electron chi connectivity index (χ1n) is 7.02. The molecule has 0 N–H and O–H groups in total. The molecule has 114 valence electrons. The Morgan fingerprint density at radius 3 is 2.71 bits per heavy atom. The van der Waals surface area contributed by atoms with Gasteiger partial charge in [-0.15, -0.1) is 0 Å². The summed E-state index contributed by atoms with van der Waals surface area (Å²) in [6.07, 6.45) is 6.78. The Bertz CT molecular complexity index is 568. The zero-order valence-electron chi connectivity index (χ0n) is 12.7. The predicted molar refractivity (Wildman–Crippen MR) is 90.0 cm³/mol. The summed E-state index contributed by atoms with van der Waals surface area (Å²) >= 11 is 3.50. The first-order chi connectivity index (χ1) is 9.97. The van der Waals surface area contributed by atoms with Crippen molar-refractivity contribution in [1.29, 1.82) is 0 Å². The maximum Gasteiger partial charge on any atom is 0.163 e. The van der Waals surface area contributed by atoms with Gasteiger partial charge in [0.25, 0.3) is 0 Å². The molecule has 0 aliphatic rings. The minimum Gasteiger partial charge on any atom is -0.361 e. The summed E-state index contributed by atoms with van der Waals surface area (Å²) in [5.74, 6) is 0.767. The number of ether oxygens (including phenoxy) is 1. The second kappa shape index (κ2) is 7.28. The molecule has 0 atom stereocenters. The van der Waals surface area contributed by atoms with Crippen molar-refractivity contribution in [3.8, 4) is 11.5 Å². The Morgan fingerprint density at radius 1 is 1.24 bits per heavy atom. The van der Waals surface area contributed by atoms with E-state index in [-0.39, 0.29) is 9.52 Å². The third-order valence-electron chi connectivity index (χ3n) is 3.04. The minimum absolute atomic E-state index is 0.0915. The zero-order valence-corrected chi connectivity index (χ0v) is 15.7. The first kappa shape index (κ1) is 16.3. The minimum atomic E-state index is -0.0915. The molecule has 2 heterocycles. The molecule has 7 heteroatoms. The van der Waals surface area contributed by atoms with Crippen LogP contribution in [-0.2, 0) is 11.5 Å². The molecule has 0 radical (unpaired) electrons. The second-order valence-electron chi connectivity index (χ2n) is 6.12. The lowest BCUT2D eigenvalue weighted by atomic mass is 10.3. The van der Waals surface area contributed by atoms with Crippen molar-refractivity contribution in [3.05, 3.63) is 29.4 Å². The van der Waals surface area contributed by atoms with E-state index in [1.807, 2.05) is 4.57 Å². The molecular formula is C14H21BrN4OSi. The quantitative estimate of drug-likeness (QED) is 0.580. The maximum absolute atomic E-state index is 5.80. The average Bonchev–Trinajstić information content (AvgIpc) is 2.80. The molecule has 21 heavy (non-hydrogen) atoms. The number of nitrogens with zero attached hydrogens (tertiary/aromatic N) is 4. The summed E-state index contributed by atoms with van der Waals surface area (Å²) in [6, 6.07) is 1.19. The van der Waals surface area contributed by atoms with Gasteiger partial charge in [0.15, 0.2) is 5.82 Å². The van der Waals surface area contributed by atoms with Crippen LogP contribution in [-0.4, -0.2) is 35.6 Å². The molecule has 0 saturated carbocycles. The summed E-state index contributed by atoms with van der Waals surface area (Å²) < 4.78 is 8.64. The smallest absolute Gasteiger partial charge is 0.163 e. The lowest BCUT2D eigenvalue weighted by Crippen LogP contribution is -2.12. The molecular weight excluding hydrogens is 348 g/mol. The molecule has 2 rings (SSSR count). The molecule has 0 aliphatic carbocycles. The Morgan fingerprint density at radius 2 is 2.05 bits per heavy atom. The van der Waals surface area contributed by atoms with E-state index < -0.39 is 0 Å². The van der Waals surface area contributed by atoms with E-state index >= 15 is 0 Å². The van der Waals surface area contributed by atoms with Gasteiger partial charge in [-0.2, -0.15) is 0 Å². The van der Waals surface area contributed by atoms with Crippen LogP contribution in [0.2, 0.25) is 11.1 Å². The summed E-state index contributed by atoms with van der Waals surface area (Å²) in [6.45, 7) is 8.19. The van der Waals surface area contributed by atoms with E-state index in [9.17, 15) is 0 Å². The maximum atomic E-state index is 5.80. The van der Waals surface area contributed by atoms with Crippen LogP contribution in [0.15, 0.2) is 29.4 Å². The number of hydrogen-bond donors (Lipinski definition) is 0. The molecule has 0 aliphatic heterocycles. The zero-order chi connectivity index (χ0) is 15.3. The van der Waals surface area contributed by atoms with Gasteiger partial charge >= 0.3 is 0 Å². The number of imidazole rings is 1. The van der Waals surface area contributed by atoms with Gasteiger partial charge in [-0.1, -0.05) is 20.8 Å². The molecule has 0 spiro atoms. The van der Waals surface area contributed by atoms with Gasteiger partial charge in [0.05, 0.1) is 12.4 Å². The summed E-state index contributed by atoms with van der Waals surface area (Å²) in [4.78, 5) is 12.7. The molecule has 0 fully saturated rings. The van der Waals surface area contributed by atoms with Gasteiger partial charge in [0, 0.05) is 28.5 Å². The van der Waals surface area contributed by atoms with Crippen LogP contribution in [0.25, 0.3) is 11.5 Å². The molecule has 0 aromatic carbocycles. The van der Waals surface area contributed by atoms with Crippen LogP contribution < -0.4 is 0 Å². The Balaban J connectivity index is 1.93. The second-order valence-corrected chi connectivity index (χ2v) is 10.3. The largest absolute Gasteiger partial charge is 0.361 e. The van der Waals surface area contributed by atoms with Crippen molar-refractivity contribution in [2.24, 2.45) is 0 Å². The number of aromatic nitrogens is 4. The van der Waals surface area contributed by atoms with Crippen LogP contribution in [0.4, 0.5) is 0 Å². The van der Waals surface area contributed by atoms with Crippen molar-refractivity contribution < 1.29 is 4.74 Å². The van der Waals surface area contributed by atoms with Crippen molar-refractivity contribution in [1.82, 2.24) is 19.5 Å². The monoisotopic (exact) mass is 368 g/mol. The Labute approximate surface area is 136 Å². The predicted octanol–water partition coefficient (Wildman–Crippen LogP) is 2.88. The van der Waals surface area contributed by atoms with Crippen LogP contribution >= 0.6 is 15.9 Å². The van der Waals surface area contributed by atoms with Crippen molar-refractivity contribution in [3.63, 3.8) is 0 Å². The van der Waals surface area contributed by atoms with E-state index in [0.717, 1.165) is 22.7 Å². The summed E-state index contributed by atoms with van der Waals surface area (Å²) in [5, 5.41) is 0.490. The van der Waals surface area contributed by atoms with Crippen LogP contribution in [0.5, 0.6) is 0 Å². The molecule has 0 saturated heterocycles. The van der Waals surface area contributed by atoms with Crippen LogP contribution in [0.3, 0.4) is 0 Å². The molecule has 5 nitrogen and oxygen atoms in total. The van der Waals surface area contributed by atoms with E-state index in [2.05, 4.69) is 51.7 Å². The highest BCUT2D eigenvalue weighted by molar-refractivity contribution is 9.10. The third kappa shape index (κ3) is 5.01. The number of halogens is 1. The highest BCUT2D eigenvalue weighted by atomic mass is 79.9. The SMILES string of the molecule is CC(C)(C)[SiH2]CCOCn1c(Br)cnc1-c1cnccn1. The van der Waals surface area contributed by atoms with Gasteiger partial charge in [0.1, 0.15) is 17.0 Å². The molecule has 0 unspecified atom stereocenters. The topological polar surface area (TPSA) is 52.8 Å². The Hall–Kier alpha value is -1.05. The fourth-order valence-electron chi connectivity index (χ4n) is 1.96. The van der Waals surface area contributed by atoms with Crippen molar-refractivity contribution >= 4 is 25.4 Å². The normalized spacial score (nSPS) is 12.4. The lowest BCUT2D eigenvalue weighted by molar-refractivity contribution is 0.0872. The van der Waals surface area contributed by atoms with E-state index in [1.54, 1.807) is 24.8 Å². The van der Waals surface area contributed by atoms with Gasteiger partial charge < -0.3 is 4.74 Å². The van der Waals surface area contributed by atoms with E-state index in [4.69, 9.17) is 4.74 Å². The van der Waals surface area contributed by atoms with Crippen LogP contribution in [0.1, 0.15) is 20.8 Å². The highest BCUT2D eigenvalue weighted by Gasteiger charge is 2.12. The van der Waals surface area contributed by atoms with E-state index in [1.165, 1.54) is 6.04 Å². The third-order valence-corrected chi connectivity index (χ3v) is 5.81. The van der Waals surface area contributed by atoms with Gasteiger partial charge in [-0.3, -0.25) is 9.55 Å². The summed E-state index contributed by atoms with van der Waals surface area (Å²) in [7, 11) is -0.0915. The molecule has 2 aromatic heterocycles. The number of rotatable bonds is 6. The highest BCUT2D eigenvalue weighted by Crippen LogP contribution is 2.22. The molecule has 0 amide bonds. The molecule has 2 aromatic rings. The Kier molecular flexibility index (Phi) is 5.66. The van der Waals surface area contributed by atoms with Crippen molar-refractivity contribution in [2.75, 3.05) is 6.61 Å². The standard InChI is InChI=1S/C14H21BrN4OSi/c1-14(2,3)21-7-6-20-10-19-12(15)9-18-13(19)11-8-16-4-5-17-11/h4-5,8-9H,6-7,10,21H2,1-3H3. The molecule has 0 bridgehead atoms. The number of hydrogen-bond acceptors (Lipinski definition) is 4. The van der Waals surface area contributed by atoms with E-state index in [0.29, 0.717) is 11.8 Å². The van der Waals surface area contributed by atoms with Crippen LogP contribution in [0, 0.1) is 0 Å². The van der Waals surface area contributed by atoms with Gasteiger partial charge in [0.2, 0.25) is 0 Å². The van der Waals surface area contributed by atoms with Crippen molar-refractivity contribution in [2.45, 2.75) is 38.6 Å². The average molecular weight is 369 g/mol. The lowest BCUT2D eigenvalue weighted by Gasteiger charge is -2.17. The first-order valence-corrected chi connectivity index (χ1v) is 9.52. The summed E-state index contributed by atoms with van der Waals surface area (Å²) in [5.41, 5.74) is 0.746.